The Kier molecular flexibility index (Phi) is 8.61. The minimum Gasteiger partial charge on any atom is -0.507 e. The predicted octanol–water partition coefficient (Wildman–Crippen LogP) is 5.33. The Morgan fingerprint density at radius 1 is 1.21 bits per heavy atom. The average Bonchev–Trinajstić information content (AvgIpc) is 2.73. The zero-order chi connectivity index (χ0) is 24.0. The van der Waals surface area contributed by atoms with Gasteiger partial charge in [-0.05, 0) is 69.8 Å². The van der Waals surface area contributed by atoms with Gasteiger partial charge < -0.3 is 25.4 Å². The first-order valence-corrected chi connectivity index (χ1v) is 12.0. The van der Waals surface area contributed by atoms with Crippen LogP contribution in [0.4, 0.5) is 5.69 Å². The van der Waals surface area contributed by atoms with Crippen LogP contribution in [0.5, 0.6) is 11.5 Å². The molecular weight excluding hydrogens is 418 g/mol. The number of hydrogen-bond donors (Lipinski definition) is 4. The first-order valence-electron chi connectivity index (χ1n) is 12.0. The van der Waals surface area contributed by atoms with Gasteiger partial charge in [-0.15, -0.1) is 0 Å². The molecule has 4 N–H and O–H groups in total. The number of aliphatic carboxylic acids is 1. The second-order valence-corrected chi connectivity index (χ2v) is 9.40. The molecule has 0 radical (unpaired) electrons. The molecule has 180 valence electrons. The zero-order valence-electron chi connectivity index (χ0n) is 19.8. The van der Waals surface area contributed by atoms with Crippen molar-refractivity contribution in [1.82, 2.24) is 0 Å². The molecule has 0 amide bonds. The Bertz CT molecular complexity index is 912. The highest BCUT2D eigenvalue weighted by Gasteiger charge is 2.40. The number of anilines is 1. The van der Waals surface area contributed by atoms with E-state index in [-0.39, 0.29) is 23.9 Å². The molecule has 5 unspecified atom stereocenters. The largest absolute Gasteiger partial charge is 0.507 e. The number of phenolic OH excluding ortho intramolecular Hbond substituents is 1. The molecule has 1 fully saturated rings. The van der Waals surface area contributed by atoms with E-state index in [9.17, 15) is 10.2 Å². The maximum Gasteiger partial charge on any atom is 0.300 e. The van der Waals surface area contributed by atoms with E-state index in [2.05, 4.69) is 43.4 Å². The quantitative estimate of drug-likeness (QED) is 0.470. The summed E-state index contributed by atoms with van der Waals surface area (Å²) in [6.45, 7) is 5.38. The number of ether oxygens (including phenoxy) is 1. The molecule has 0 aromatic heterocycles. The maximum absolute atomic E-state index is 10.8. The summed E-state index contributed by atoms with van der Waals surface area (Å²) < 4.78 is 6.14. The van der Waals surface area contributed by atoms with Crippen LogP contribution in [0.2, 0.25) is 0 Å². The molecule has 0 saturated heterocycles. The van der Waals surface area contributed by atoms with Crippen molar-refractivity contribution in [2.45, 2.75) is 83.5 Å². The van der Waals surface area contributed by atoms with E-state index >= 15 is 0 Å². The van der Waals surface area contributed by atoms with Crippen molar-refractivity contribution in [3.05, 3.63) is 53.6 Å². The van der Waals surface area contributed by atoms with Crippen LogP contribution in [0.25, 0.3) is 0 Å². The topological polar surface area (TPSA) is 99.0 Å². The molecule has 2 aromatic carbocycles. The number of aliphatic hydroxyl groups is 1. The third-order valence-corrected chi connectivity index (χ3v) is 6.66. The van der Waals surface area contributed by atoms with Crippen LogP contribution in [-0.4, -0.2) is 39.5 Å². The number of nitrogens with one attached hydrogen (secondary N) is 1. The van der Waals surface area contributed by atoms with Crippen LogP contribution in [0.15, 0.2) is 42.5 Å². The highest BCUT2D eigenvalue weighted by molar-refractivity contribution is 5.65. The summed E-state index contributed by atoms with van der Waals surface area (Å²) in [5, 5.41) is 31.9. The lowest BCUT2D eigenvalue weighted by molar-refractivity contribution is -0.134. The number of phenols is 1. The molecule has 5 atom stereocenters. The first-order chi connectivity index (χ1) is 15.7. The molecule has 0 spiro atoms. The number of benzene rings is 2. The maximum atomic E-state index is 10.8. The normalized spacial score (nSPS) is 24.2. The van der Waals surface area contributed by atoms with E-state index < -0.39 is 5.97 Å². The molecular formula is C27H37NO5. The van der Waals surface area contributed by atoms with Gasteiger partial charge in [0.2, 0.25) is 0 Å². The number of fused-ring (bicyclic) bond motifs is 3. The number of carboxylic acids is 1. The van der Waals surface area contributed by atoms with Crippen molar-refractivity contribution in [2.75, 3.05) is 5.32 Å². The highest BCUT2D eigenvalue weighted by Crippen LogP contribution is 2.50. The van der Waals surface area contributed by atoms with Crippen molar-refractivity contribution in [3.63, 3.8) is 0 Å². The minimum atomic E-state index is -0.833. The van der Waals surface area contributed by atoms with Gasteiger partial charge >= 0.3 is 0 Å². The third-order valence-electron chi connectivity index (χ3n) is 6.66. The SMILES string of the molecule is CC(=O)O.CC(CCCc1ccccc1)Oc1cc(O)c2c(c1)NC(C)C1CCC(O)CC21. The van der Waals surface area contributed by atoms with Gasteiger partial charge in [0.1, 0.15) is 11.5 Å². The molecule has 1 aliphatic heterocycles. The molecule has 1 aliphatic carbocycles. The van der Waals surface area contributed by atoms with Crippen LogP contribution in [0.1, 0.15) is 69.9 Å². The lowest BCUT2D eigenvalue weighted by Gasteiger charge is -2.43. The van der Waals surface area contributed by atoms with Gasteiger partial charge in [0.15, 0.2) is 0 Å². The molecule has 6 heteroatoms. The Hall–Kier alpha value is -2.73. The van der Waals surface area contributed by atoms with Crippen molar-refractivity contribution in [3.8, 4) is 11.5 Å². The molecule has 0 bridgehead atoms. The lowest BCUT2D eigenvalue weighted by atomic mass is 9.68. The summed E-state index contributed by atoms with van der Waals surface area (Å²) in [6, 6.07) is 14.6. The number of aryl methyl sites for hydroxylation is 1. The van der Waals surface area contributed by atoms with Crippen LogP contribution >= 0.6 is 0 Å². The Morgan fingerprint density at radius 3 is 2.61 bits per heavy atom. The van der Waals surface area contributed by atoms with E-state index in [4.69, 9.17) is 14.6 Å². The number of hydrogen-bond acceptors (Lipinski definition) is 5. The zero-order valence-corrected chi connectivity index (χ0v) is 19.8. The van der Waals surface area contributed by atoms with E-state index in [1.165, 1.54) is 5.56 Å². The van der Waals surface area contributed by atoms with Gasteiger partial charge in [0.05, 0.1) is 12.2 Å². The smallest absolute Gasteiger partial charge is 0.300 e. The van der Waals surface area contributed by atoms with Crippen LogP contribution in [0, 0.1) is 5.92 Å². The van der Waals surface area contributed by atoms with Gasteiger partial charge in [-0.3, -0.25) is 4.79 Å². The number of aliphatic hydroxyl groups excluding tert-OH is 1. The van der Waals surface area contributed by atoms with Crippen molar-refractivity contribution < 1.29 is 24.9 Å². The lowest BCUT2D eigenvalue weighted by Crippen LogP contribution is -2.40. The van der Waals surface area contributed by atoms with E-state index in [1.54, 1.807) is 6.07 Å². The fourth-order valence-electron chi connectivity index (χ4n) is 5.17. The second kappa shape index (κ2) is 11.4. The van der Waals surface area contributed by atoms with Gasteiger partial charge in [0, 0.05) is 36.3 Å². The Balaban J connectivity index is 0.000000709. The van der Waals surface area contributed by atoms with Crippen molar-refractivity contribution in [1.29, 1.82) is 0 Å². The van der Waals surface area contributed by atoms with Gasteiger partial charge in [0.25, 0.3) is 5.97 Å². The van der Waals surface area contributed by atoms with E-state index in [0.717, 1.165) is 56.7 Å². The summed E-state index contributed by atoms with van der Waals surface area (Å²) in [4.78, 5) is 9.00. The standard InChI is InChI=1S/C25H33NO3.C2H4O2/c1-16(7-6-10-18-8-4-3-5-9-18)29-20-14-23-25(24(28)15-20)22-13-19(27)11-12-21(22)17(2)26-23;1-2(3)4/h3-5,8-9,14-17,19,21-22,26-28H,6-7,10-13H2,1-2H3;1H3,(H,3,4). The summed E-state index contributed by atoms with van der Waals surface area (Å²) in [6.07, 6.45) is 5.48. The summed E-state index contributed by atoms with van der Waals surface area (Å²) in [5.74, 6) is 0.836. The average molecular weight is 456 g/mol. The molecule has 33 heavy (non-hydrogen) atoms. The molecule has 1 saturated carbocycles. The van der Waals surface area contributed by atoms with Crippen LogP contribution < -0.4 is 10.1 Å². The summed E-state index contributed by atoms with van der Waals surface area (Å²) in [7, 11) is 0. The van der Waals surface area contributed by atoms with E-state index in [0.29, 0.717) is 17.7 Å². The second-order valence-electron chi connectivity index (χ2n) is 9.40. The molecule has 4 rings (SSSR count). The van der Waals surface area contributed by atoms with Crippen molar-refractivity contribution >= 4 is 11.7 Å². The number of carboxylic acid groups (broad SMARTS) is 1. The number of carbonyl (C=O) groups is 1. The molecule has 6 nitrogen and oxygen atoms in total. The highest BCUT2D eigenvalue weighted by atomic mass is 16.5. The molecule has 2 aromatic rings. The summed E-state index contributed by atoms with van der Waals surface area (Å²) in [5.41, 5.74) is 3.27. The fraction of sp³-hybridized carbons (Fsp3) is 0.519. The number of rotatable bonds is 6. The first kappa shape index (κ1) is 24.9. The van der Waals surface area contributed by atoms with Gasteiger partial charge in [-0.1, -0.05) is 30.3 Å². The van der Waals surface area contributed by atoms with E-state index in [1.807, 2.05) is 12.1 Å². The summed E-state index contributed by atoms with van der Waals surface area (Å²) >= 11 is 0. The molecule has 1 heterocycles. The molecule has 2 aliphatic rings. The van der Waals surface area contributed by atoms with Crippen LogP contribution in [0.3, 0.4) is 0 Å². The Labute approximate surface area is 196 Å². The third kappa shape index (κ3) is 6.87. The van der Waals surface area contributed by atoms with Crippen LogP contribution in [-0.2, 0) is 11.2 Å². The monoisotopic (exact) mass is 455 g/mol. The van der Waals surface area contributed by atoms with Gasteiger partial charge in [-0.2, -0.15) is 0 Å². The predicted molar refractivity (Wildman–Crippen MR) is 130 cm³/mol. The van der Waals surface area contributed by atoms with Gasteiger partial charge in [-0.25, -0.2) is 0 Å². The minimum absolute atomic E-state index is 0.0847. The fourth-order valence-corrected chi connectivity index (χ4v) is 5.17. The number of aromatic hydroxyl groups is 1. The Morgan fingerprint density at radius 2 is 1.91 bits per heavy atom. The van der Waals surface area contributed by atoms with Crippen molar-refractivity contribution in [2.24, 2.45) is 5.92 Å².